The number of rotatable bonds is 2. The standard InChI is InChI=1S/C19H17N5/c1-12-7-13(2)9-16(8-12)24-17(5-6-22-24)15-10-14-3-4-18(20)23-19(14)21-11-15/h3-11H,1-2H3,(H2,20,21,23). The van der Waals surface area contributed by atoms with Gasteiger partial charge in [-0.2, -0.15) is 5.10 Å². The summed E-state index contributed by atoms with van der Waals surface area (Å²) in [5.74, 6) is 0.475. The second-order valence-corrected chi connectivity index (χ2v) is 5.98. The molecule has 5 nitrogen and oxygen atoms in total. The highest BCUT2D eigenvalue weighted by molar-refractivity contribution is 5.81. The molecule has 0 amide bonds. The van der Waals surface area contributed by atoms with E-state index in [1.54, 1.807) is 12.3 Å². The predicted octanol–water partition coefficient (Wildman–Crippen LogP) is 3.68. The molecule has 3 heterocycles. The molecule has 24 heavy (non-hydrogen) atoms. The van der Waals surface area contributed by atoms with E-state index in [-0.39, 0.29) is 0 Å². The van der Waals surface area contributed by atoms with Gasteiger partial charge in [0, 0.05) is 17.1 Å². The Morgan fingerprint density at radius 3 is 2.54 bits per heavy atom. The maximum Gasteiger partial charge on any atom is 0.161 e. The van der Waals surface area contributed by atoms with Crippen molar-refractivity contribution in [1.29, 1.82) is 0 Å². The Labute approximate surface area is 139 Å². The highest BCUT2D eigenvalue weighted by atomic mass is 15.3. The first-order chi connectivity index (χ1) is 11.6. The second kappa shape index (κ2) is 5.45. The number of hydrogen-bond donors (Lipinski definition) is 1. The van der Waals surface area contributed by atoms with Gasteiger partial charge in [0.05, 0.1) is 17.6 Å². The van der Waals surface area contributed by atoms with Crippen molar-refractivity contribution in [2.75, 3.05) is 5.73 Å². The molecule has 0 atom stereocenters. The van der Waals surface area contributed by atoms with Crippen molar-refractivity contribution in [3.63, 3.8) is 0 Å². The van der Waals surface area contributed by atoms with Gasteiger partial charge >= 0.3 is 0 Å². The van der Waals surface area contributed by atoms with Crippen LogP contribution >= 0.6 is 0 Å². The zero-order chi connectivity index (χ0) is 16.7. The van der Waals surface area contributed by atoms with Gasteiger partial charge in [-0.15, -0.1) is 0 Å². The Kier molecular flexibility index (Phi) is 3.27. The van der Waals surface area contributed by atoms with E-state index in [4.69, 9.17) is 5.73 Å². The Morgan fingerprint density at radius 2 is 1.75 bits per heavy atom. The Morgan fingerprint density at radius 1 is 0.958 bits per heavy atom. The molecule has 0 saturated carbocycles. The van der Waals surface area contributed by atoms with E-state index in [0.717, 1.165) is 22.3 Å². The van der Waals surface area contributed by atoms with Gasteiger partial charge in [0.25, 0.3) is 0 Å². The lowest BCUT2D eigenvalue weighted by Crippen LogP contribution is -2.00. The first-order valence-corrected chi connectivity index (χ1v) is 7.75. The maximum atomic E-state index is 5.72. The fraction of sp³-hybridized carbons (Fsp3) is 0.105. The fourth-order valence-corrected chi connectivity index (χ4v) is 2.97. The van der Waals surface area contributed by atoms with Gasteiger partial charge in [-0.25, -0.2) is 14.6 Å². The molecule has 3 aromatic heterocycles. The van der Waals surface area contributed by atoms with E-state index < -0.39 is 0 Å². The zero-order valence-corrected chi connectivity index (χ0v) is 13.6. The summed E-state index contributed by atoms with van der Waals surface area (Å²) in [6, 6.07) is 14.2. The molecule has 2 N–H and O–H groups in total. The molecule has 4 rings (SSSR count). The van der Waals surface area contributed by atoms with E-state index in [2.05, 4.69) is 53.2 Å². The summed E-state index contributed by atoms with van der Waals surface area (Å²) in [5, 5.41) is 5.45. The lowest BCUT2D eigenvalue weighted by atomic mass is 10.1. The number of pyridine rings is 2. The number of hydrogen-bond acceptors (Lipinski definition) is 4. The van der Waals surface area contributed by atoms with Gasteiger partial charge < -0.3 is 5.73 Å². The van der Waals surface area contributed by atoms with Crippen LogP contribution in [-0.4, -0.2) is 19.7 Å². The van der Waals surface area contributed by atoms with E-state index in [0.29, 0.717) is 11.5 Å². The highest BCUT2D eigenvalue weighted by Gasteiger charge is 2.10. The monoisotopic (exact) mass is 315 g/mol. The normalized spacial score (nSPS) is 11.1. The van der Waals surface area contributed by atoms with Crippen LogP contribution in [0.15, 0.2) is 54.9 Å². The van der Waals surface area contributed by atoms with Crippen molar-refractivity contribution in [2.24, 2.45) is 0 Å². The van der Waals surface area contributed by atoms with Gasteiger partial charge in [-0.05, 0) is 61.4 Å². The number of fused-ring (bicyclic) bond motifs is 1. The first-order valence-electron chi connectivity index (χ1n) is 7.75. The molecule has 0 aliphatic carbocycles. The summed E-state index contributed by atoms with van der Waals surface area (Å²) in [7, 11) is 0. The predicted molar refractivity (Wildman–Crippen MR) is 96.0 cm³/mol. The molecule has 0 spiro atoms. The quantitative estimate of drug-likeness (QED) is 0.612. The van der Waals surface area contributed by atoms with Gasteiger partial charge in [0.15, 0.2) is 5.65 Å². The summed E-state index contributed by atoms with van der Waals surface area (Å²) in [5.41, 5.74) is 11.8. The summed E-state index contributed by atoms with van der Waals surface area (Å²) >= 11 is 0. The smallest absolute Gasteiger partial charge is 0.161 e. The number of aryl methyl sites for hydroxylation is 2. The van der Waals surface area contributed by atoms with Crippen LogP contribution in [0.2, 0.25) is 0 Å². The average molecular weight is 315 g/mol. The Bertz CT molecular complexity index is 1030. The topological polar surface area (TPSA) is 69.6 Å². The van der Waals surface area contributed by atoms with Crippen LogP contribution in [0.25, 0.3) is 28.0 Å². The van der Waals surface area contributed by atoms with Crippen LogP contribution < -0.4 is 5.73 Å². The number of anilines is 1. The molecule has 0 aliphatic rings. The van der Waals surface area contributed by atoms with Crippen LogP contribution in [0.5, 0.6) is 0 Å². The Hall–Kier alpha value is -3.21. The van der Waals surface area contributed by atoms with Crippen LogP contribution in [-0.2, 0) is 0 Å². The third-order valence-electron chi connectivity index (χ3n) is 3.95. The average Bonchev–Trinajstić information content (AvgIpc) is 3.03. The van der Waals surface area contributed by atoms with E-state index in [9.17, 15) is 0 Å². The number of nitrogens with zero attached hydrogens (tertiary/aromatic N) is 4. The van der Waals surface area contributed by atoms with Crippen molar-refractivity contribution in [1.82, 2.24) is 19.7 Å². The summed E-state index contributed by atoms with van der Waals surface area (Å²) < 4.78 is 1.94. The molecule has 1 aromatic carbocycles. The summed E-state index contributed by atoms with van der Waals surface area (Å²) in [6.45, 7) is 4.18. The van der Waals surface area contributed by atoms with Gasteiger partial charge in [0.1, 0.15) is 5.82 Å². The van der Waals surface area contributed by atoms with Crippen molar-refractivity contribution < 1.29 is 0 Å². The summed E-state index contributed by atoms with van der Waals surface area (Å²) in [4.78, 5) is 8.68. The van der Waals surface area contributed by atoms with Crippen LogP contribution in [0, 0.1) is 13.8 Å². The molecule has 0 radical (unpaired) electrons. The number of aromatic nitrogens is 4. The number of benzene rings is 1. The maximum absolute atomic E-state index is 5.72. The van der Waals surface area contributed by atoms with Crippen LogP contribution in [0.1, 0.15) is 11.1 Å². The molecule has 0 unspecified atom stereocenters. The molecule has 118 valence electrons. The molecule has 0 saturated heterocycles. The van der Waals surface area contributed by atoms with E-state index >= 15 is 0 Å². The summed E-state index contributed by atoms with van der Waals surface area (Å²) in [6.07, 6.45) is 3.61. The second-order valence-electron chi connectivity index (χ2n) is 5.98. The lowest BCUT2D eigenvalue weighted by molar-refractivity contribution is 0.884. The molecule has 0 fully saturated rings. The molecule has 5 heteroatoms. The minimum absolute atomic E-state index is 0.475. The van der Waals surface area contributed by atoms with Gasteiger partial charge in [-0.1, -0.05) is 6.07 Å². The van der Waals surface area contributed by atoms with Crippen LogP contribution in [0.4, 0.5) is 5.82 Å². The molecular formula is C19H17N5. The van der Waals surface area contributed by atoms with Gasteiger partial charge in [0.2, 0.25) is 0 Å². The molecule has 4 aromatic rings. The minimum atomic E-state index is 0.475. The van der Waals surface area contributed by atoms with E-state index in [1.807, 2.05) is 23.0 Å². The van der Waals surface area contributed by atoms with E-state index in [1.165, 1.54) is 11.1 Å². The minimum Gasteiger partial charge on any atom is -0.384 e. The number of nitrogens with two attached hydrogens (primary N) is 1. The molecule has 0 bridgehead atoms. The zero-order valence-electron chi connectivity index (χ0n) is 13.6. The third-order valence-corrected chi connectivity index (χ3v) is 3.95. The number of nitrogen functional groups attached to an aromatic ring is 1. The highest BCUT2D eigenvalue weighted by Crippen LogP contribution is 2.25. The fourth-order valence-electron chi connectivity index (χ4n) is 2.97. The van der Waals surface area contributed by atoms with Crippen molar-refractivity contribution >= 4 is 16.9 Å². The van der Waals surface area contributed by atoms with Crippen molar-refractivity contribution in [3.05, 3.63) is 66.0 Å². The lowest BCUT2D eigenvalue weighted by Gasteiger charge is -2.10. The van der Waals surface area contributed by atoms with Gasteiger partial charge in [-0.3, -0.25) is 0 Å². The Balaban J connectivity index is 1.86. The molecular weight excluding hydrogens is 298 g/mol. The van der Waals surface area contributed by atoms with Crippen molar-refractivity contribution in [2.45, 2.75) is 13.8 Å². The van der Waals surface area contributed by atoms with Crippen molar-refractivity contribution in [3.8, 4) is 16.9 Å². The SMILES string of the molecule is Cc1cc(C)cc(-n2nccc2-c2cnc3nc(N)ccc3c2)c1. The largest absolute Gasteiger partial charge is 0.384 e. The third kappa shape index (κ3) is 2.50. The van der Waals surface area contributed by atoms with Crippen LogP contribution in [0.3, 0.4) is 0 Å². The molecule has 0 aliphatic heterocycles. The first kappa shape index (κ1) is 14.4.